The number of halogens is 1. The summed E-state index contributed by atoms with van der Waals surface area (Å²) in [5, 5.41) is 0. The van der Waals surface area contributed by atoms with Gasteiger partial charge in [-0.25, -0.2) is 9.18 Å². The zero-order valence-electron chi connectivity index (χ0n) is 11.9. The molecule has 1 unspecified atom stereocenters. The number of carbonyl (C=O) groups excluding carboxylic acids is 1. The predicted octanol–water partition coefficient (Wildman–Crippen LogP) is 3.33. The molecule has 3 rings (SSSR count). The molecular formula is C16H16FNO3. The van der Waals surface area contributed by atoms with E-state index in [0.717, 1.165) is 24.2 Å². The highest BCUT2D eigenvalue weighted by molar-refractivity contribution is 5.86. The van der Waals surface area contributed by atoms with E-state index in [1.54, 1.807) is 18.2 Å². The molecule has 0 saturated carbocycles. The Labute approximate surface area is 122 Å². The van der Waals surface area contributed by atoms with Crippen LogP contribution >= 0.6 is 0 Å². The van der Waals surface area contributed by atoms with Crippen LogP contribution in [0.15, 0.2) is 34.7 Å². The second kappa shape index (κ2) is 5.24. The smallest absolute Gasteiger partial charge is 0.373 e. The van der Waals surface area contributed by atoms with Crippen LogP contribution in [0, 0.1) is 5.82 Å². The lowest BCUT2D eigenvalue weighted by Gasteiger charge is -2.25. The molecule has 1 aliphatic heterocycles. The van der Waals surface area contributed by atoms with Gasteiger partial charge in [0.25, 0.3) is 0 Å². The molecule has 2 heterocycles. The molecule has 0 N–H and O–H groups in total. The summed E-state index contributed by atoms with van der Waals surface area (Å²) in [4.78, 5) is 13.5. The van der Waals surface area contributed by atoms with Gasteiger partial charge in [-0.05, 0) is 43.2 Å². The SMILES string of the molecule is COC(=O)c1ccc(C(C)N2CCc3ccc(F)cc32)o1. The van der Waals surface area contributed by atoms with Gasteiger partial charge in [-0.15, -0.1) is 0 Å². The van der Waals surface area contributed by atoms with Crippen molar-refractivity contribution < 1.29 is 18.3 Å². The van der Waals surface area contributed by atoms with Crippen LogP contribution in [0.4, 0.5) is 10.1 Å². The van der Waals surface area contributed by atoms with E-state index in [2.05, 4.69) is 9.64 Å². The van der Waals surface area contributed by atoms with Gasteiger partial charge in [-0.3, -0.25) is 0 Å². The molecule has 0 saturated heterocycles. The van der Waals surface area contributed by atoms with E-state index in [-0.39, 0.29) is 17.6 Å². The van der Waals surface area contributed by atoms with Gasteiger partial charge in [0.1, 0.15) is 11.6 Å². The third-order valence-corrected chi connectivity index (χ3v) is 3.87. The normalized spacial score (nSPS) is 14.9. The molecule has 0 spiro atoms. The van der Waals surface area contributed by atoms with Crippen LogP contribution in [0.3, 0.4) is 0 Å². The van der Waals surface area contributed by atoms with Gasteiger partial charge in [0, 0.05) is 12.2 Å². The predicted molar refractivity (Wildman–Crippen MR) is 75.9 cm³/mol. The van der Waals surface area contributed by atoms with E-state index < -0.39 is 5.97 Å². The van der Waals surface area contributed by atoms with Crippen LogP contribution in [0.2, 0.25) is 0 Å². The first-order chi connectivity index (χ1) is 10.1. The molecule has 21 heavy (non-hydrogen) atoms. The number of methoxy groups -OCH3 is 1. The monoisotopic (exact) mass is 289 g/mol. The highest BCUT2D eigenvalue weighted by Crippen LogP contribution is 2.35. The molecule has 1 atom stereocenters. The fourth-order valence-electron chi connectivity index (χ4n) is 2.72. The van der Waals surface area contributed by atoms with E-state index in [9.17, 15) is 9.18 Å². The third-order valence-electron chi connectivity index (χ3n) is 3.87. The molecule has 1 aliphatic rings. The standard InChI is InChI=1S/C16H16FNO3/c1-10(14-5-6-15(21-14)16(19)20-2)18-8-7-11-3-4-12(17)9-13(11)18/h3-6,9-10H,7-8H2,1-2H3. The maximum atomic E-state index is 13.4. The summed E-state index contributed by atoms with van der Waals surface area (Å²) in [6.45, 7) is 2.77. The Morgan fingerprint density at radius 3 is 2.95 bits per heavy atom. The molecule has 1 aromatic heterocycles. The first-order valence-corrected chi connectivity index (χ1v) is 6.83. The highest BCUT2D eigenvalue weighted by atomic mass is 19.1. The Hall–Kier alpha value is -2.30. The Morgan fingerprint density at radius 2 is 2.19 bits per heavy atom. The Balaban J connectivity index is 1.87. The number of hydrogen-bond acceptors (Lipinski definition) is 4. The van der Waals surface area contributed by atoms with Crippen LogP contribution in [-0.4, -0.2) is 19.6 Å². The zero-order chi connectivity index (χ0) is 15.0. The molecule has 0 aliphatic carbocycles. The zero-order valence-corrected chi connectivity index (χ0v) is 11.9. The Kier molecular flexibility index (Phi) is 3.41. The molecule has 5 heteroatoms. The van der Waals surface area contributed by atoms with Crippen LogP contribution in [0.1, 0.15) is 34.8 Å². The van der Waals surface area contributed by atoms with Crippen molar-refractivity contribution >= 4 is 11.7 Å². The highest BCUT2D eigenvalue weighted by Gasteiger charge is 2.27. The number of benzene rings is 1. The van der Waals surface area contributed by atoms with E-state index >= 15 is 0 Å². The molecule has 1 aromatic carbocycles. The molecule has 110 valence electrons. The van der Waals surface area contributed by atoms with Gasteiger partial charge in [-0.1, -0.05) is 6.07 Å². The maximum absolute atomic E-state index is 13.4. The van der Waals surface area contributed by atoms with Crippen molar-refractivity contribution in [2.75, 3.05) is 18.6 Å². The summed E-state index contributed by atoms with van der Waals surface area (Å²) in [7, 11) is 1.31. The minimum atomic E-state index is -0.499. The van der Waals surface area contributed by atoms with Gasteiger partial charge in [0.2, 0.25) is 5.76 Å². The second-order valence-electron chi connectivity index (χ2n) is 5.09. The van der Waals surface area contributed by atoms with Crippen molar-refractivity contribution in [3.8, 4) is 0 Å². The molecule has 0 fully saturated rings. The summed E-state index contributed by atoms with van der Waals surface area (Å²) in [6, 6.07) is 8.12. The largest absolute Gasteiger partial charge is 0.463 e. The number of fused-ring (bicyclic) bond motifs is 1. The minimum absolute atomic E-state index is 0.0774. The van der Waals surface area contributed by atoms with Crippen molar-refractivity contribution in [3.05, 3.63) is 53.2 Å². The van der Waals surface area contributed by atoms with Crippen molar-refractivity contribution in [1.82, 2.24) is 0 Å². The number of esters is 1. The van der Waals surface area contributed by atoms with Crippen LogP contribution in [0.25, 0.3) is 0 Å². The van der Waals surface area contributed by atoms with E-state index in [1.165, 1.54) is 13.2 Å². The van der Waals surface area contributed by atoms with Crippen molar-refractivity contribution in [1.29, 1.82) is 0 Å². The second-order valence-corrected chi connectivity index (χ2v) is 5.09. The average molecular weight is 289 g/mol. The Morgan fingerprint density at radius 1 is 1.38 bits per heavy atom. The van der Waals surface area contributed by atoms with Crippen molar-refractivity contribution in [2.24, 2.45) is 0 Å². The van der Waals surface area contributed by atoms with E-state index in [0.29, 0.717) is 5.76 Å². The molecule has 2 aromatic rings. The van der Waals surface area contributed by atoms with Gasteiger partial charge in [0.05, 0.1) is 13.2 Å². The topological polar surface area (TPSA) is 42.7 Å². The fourth-order valence-corrected chi connectivity index (χ4v) is 2.72. The number of carbonyl (C=O) groups is 1. The number of ether oxygens (including phenoxy) is 1. The number of anilines is 1. The quantitative estimate of drug-likeness (QED) is 0.813. The van der Waals surface area contributed by atoms with Gasteiger partial charge >= 0.3 is 5.97 Å². The third kappa shape index (κ3) is 2.39. The van der Waals surface area contributed by atoms with Crippen molar-refractivity contribution in [2.45, 2.75) is 19.4 Å². The average Bonchev–Trinajstić information content (AvgIpc) is 3.12. The van der Waals surface area contributed by atoms with E-state index in [1.807, 2.05) is 13.0 Å². The minimum Gasteiger partial charge on any atom is -0.463 e. The van der Waals surface area contributed by atoms with E-state index in [4.69, 9.17) is 4.42 Å². The van der Waals surface area contributed by atoms with Gasteiger partial charge in [-0.2, -0.15) is 0 Å². The van der Waals surface area contributed by atoms with Crippen LogP contribution < -0.4 is 4.90 Å². The summed E-state index contributed by atoms with van der Waals surface area (Å²) >= 11 is 0. The molecular weight excluding hydrogens is 273 g/mol. The lowest BCUT2D eigenvalue weighted by molar-refractivity contribution is 0.0562. The van der Waals surface area contributed by atoms with Crippen LogP contribution in [-0.2, 0) is 11.2 Å². The molecule has 4 nitrogen and oxygen atoms in total. The number of nitrogens with zero attached hydrogens (tertiary/aromatic N) is 1. The van der Waals surface area contributed by atoms with Crippen LogP contribution in [0.5, 0.6) is 0 Å². The molecule has 0 amide bonds. The van der Waals surface area contributed by atoms with Crippen molar-refractivity contribution in [3.63, 3.8) is 0 Å². The fraction of sp³-hybridized carbons (Fsp3) is 0.312. The summed E-state index contributed by atoms with van der Waals surface area (Å²) in [5.41, 5.74) is 2.02. The maximum Gasteiger partial charge on any atom is 0.373 e. The number of rotatable bonds is 3. The van der Waals surface area contributed by atoms with Gasteiger partial charge < -0.3 is 14.1 Å². The first-order valence-electron chi connectivity index (χ1n) is 6.83. The summed E-state index contributed by atoms with van der Waals surface area (Å²) in [6.07, 6.45) is 0.879. The lowest BCUT2D eigenvalue weighted by Crippen LogP contribution is -2.24. The first kappa shape index (κ1) is 13.7. The summed E-state index contributed by atoms with van der Waals surface area (Å²) in [5.74, 6) is 0.0920. The molecule has 0 radical (unpaired) electrons. The van der Waals surface area contributed by atoms with Gasteiger partial charge in [0.15, 0.2) is 0 Å². The number of furan rings is 1. The summed E-state index contributed by atoms with van der Waals surface area (Å²) < 4.78 is 23.6. The Bertz CT molecular complexity index is 680. The molecule has 0 bridgehead atoms. The lowest BCUT2D eigenvalue weighted by atomic mass is 10.1. The number of hydrogen-bond donors (Lipinski definition) is 0.